The lowest BCUT2D eigenvalue weighted by atomic mass is 9.92. The first-order valence-corrected chi connectivity index (χ1v) is 8.28. The number of hydrogen-bond acceptors (Lipinski definition) is 3. The van der Waals surface area contributed by atoms with E-state index in [-0.39, 0.29) is 11.9 Å². The number of ether oxygens (including phenoxy) is 1. The van der Waals surface area contributed by atoms with Crippen molar-refractivity contribution in [1.82, 2.24) is 4.90 Å². The number of carbonyl (C=O) groups excluding carboxylic acids is 1. The van der Waals surface area contributed by atoms with Gasteiger partial charge in [0.1, 0.15) is 5.75 Å². The van der Waals surface area contributed by atoms with Crippen LogP contribution in [0.1, 0.15) is 26.2 Å². The van der Waals surface area contributed by atoms with E-state index in [1.807, 2.05) is 29.2 Å². The molecule has 1 fully saturated rings. The molecule has 0 aromatic heterocycles. The lowest BCUT2D eigenvalue weighted by Gasteiger charge is -2.38. The van der Waals surface area contributed by atoms with Gasteiger partial charge in [0, 0.05) is 19.1 Å². The van der Waals surface area contributed by atoms with Crippen LogP contribution in [-0.2, 0) is 4.79 Å². The summed E-state index contributed by atoms with van der Waals surface area (Å²) in [6, 6.07) is 7.85. The normalized spacial score (nSPS) is 22.1. The molecule has 0 saturated carbocycles. The van der Waals surface area contributed by atoms with Crippen LogP contribution >= 0.6 is 15.9 Å². The molecule has 0 bridgehead atoms. The molecule has 5 heteroatoms. The number of rotatable bonds is 5. The van der Waals surface area contributed by atoms with Gasteiger partial charge in [-0.25, -0.2) is 0 Å². The Morgan fingerprint density at radius 2 is 2.24 bits per heavy atom. The van der Waals surface area contributed by atoms with Crippen molar-refractivity contribution in [3.63, 3.8) is 0 Å². The Hall–Kier alpha value is -1.07. The monoisotopic (exact) mass is 354 g/mol. The molecule has 1 aliphatic heterocycles. The minimum Gasteiger partial charge on any atom is -0.492 e. The molecule has 2 rings (SSSR count). The van der Waals surface area contributed by atoms with E-state index in [0.717, 1.165) is 29.6 Å². The zero-order valence-electron chi connectivity index (χ0n) is 12.4. The van der Waals surface area contributed by atoms with Crippen molar-refractivity contribution in [3.8, 4) is 5.75 Å². The van der Waals surface area contributed by atoms with Crippen molar-refractivity contribution in [2.24, 2.45) is 11.7 Å². The van der Waals surface area contributed by atoms with E-state index >= 15 is 0 Å². The summed E-state index contributed by atoms with van der Waals surface area (Å²) in [5, 5.41) is 0. The highest BCUT2D eigenvalue weighted by atomic mass is 79.9. The molecule has 1 heterocycles. The summed E-state index contributed by atoms with van der Waals surface area (Å²) < 4.78 is 6.57. The van der Waals surface area contributed by atoms with Gasteiger partial charge in [-0.05, 0) is 46.8 Å². The van der Waals surface area contributed by atoms with Gasteiger partial charge in [0.05, 0.1) is 17.5 Å². The largest absolute Gasteiger partial charge is 0.492 e. The molecule has 0 spiro atoms. The molecule has 0 radical (unpaired) electrons. The molecule has 2 unspecified atom stereocenters. The first kappa shape index (κ1) is 16.3. The Morgan fingerprint density at radius 1 is 1.48 bits per heavy atom. The minimum atomic E-state index is 0.143. The number of nitrogens with zero attached hydrogens (tertiary/aromatic N) is 1. The van der Waals surface area contributed by atoms with Gasteiger partial charge < -0.3 is 15.4 Å². The highest BCUT2D eigenvalue weighted by Gasteiger charge is 2.28. The fourth-order valence-electron chi connectivity index (χ4n) is 2.76. The predicted molar refractivity (Wildman–Crippen MR) is 87.2 cm³/mol. The fourth-order valence-corrected chi connectivity index (χ4v) is 3.16. The van der Waals surface area contributed by atoms with Crippen molar-refractivity contribution in [1.29, 1.82) is 0 Å². The second kappa shape index (κ2) is 7.80. The van der Waals surface area contributed by atoms with E-state index < -0.39 is 0 Å². The summed E-state index contributed by atoms with van der Waals surface area (Å²) in [7, 11) is 0. The quantitative estimate of drug-likeness (QED) is 0.884. The van der Waals surface area contributed by atoms with Gasteiger partial charge in [0.15, 0.2) is 0 Å². The molecule has 1 aromatic carbocycles. The highest BCUT2D eigenvalue weighted by Crippen LogP contribution is 2.25. The number of likely N-dealkylation sites (tertiary alicyclic amines) is 1. The van der Waals surface area contributed by atoms with E-state index in [1.54, 1.807) is 0 Å². The van der Waals surface area contributed by atoms with E-state index in [9.17, 15) is 4.79 Å². The topological polar surface area (TPSA) is 55.6 Å². The third-order valence-corrected chi connectivity index (χ3v) is 4.64. The zero-order chi connectivity index (χ0) is 15.2. The van der Waals surface area contributed by atoms with Crippen LogP contribution in [0.3, 0.4) is 0 Å². The van der Waals surface area contributed by atoms with Crippen molar-refractivity contribution >= 4 is 21.8 Å². The Bertz CT molecular complexity index is 481. The zero-order valence-corrected chi connectivity index (χ0v) is 14.0. The van der Waals surface area contributed by atoms with Crippen LogP contribution in [0.2, 0.25) is 0 Å². The Kier molecular flexibility index (Phi) is 6.06. The molecule has 1 aromatic rings. The van der Waals surface area contributed by atoms with Gasteiger partial charge in [-0.15, -0.1) is 0 Å². The number of benzene rings is 1. The summed E-state index contributed by atoms with van der Waals surface area (Å²) >= 11 is 3.43. The van der Waals surface area contributed by atoms with Crippen molar-refractivity contribution in [2.45, 2.75) is 32.2 Å². The highest BCUT2D eigenvalue weighted by molar-refractivity contribution is 9.10. The van der Waals surface area contributed by atoms with Gasteiger partial charge in [-0.1, -0.05) is 19.1 Å². The van der Waals surface area contributed by atoms with Crippen LogP contribution in [0.25, 0.3) is 0 Å². The Balaban J connectivity index is 1.83. The average molecular weight is 355 g/mol. The van der Waals surface area contributed by atoms with E-state index in [1.165, 1.54) is 0 Å². The number of nitrogens with two attached hydrogens (primary N) is 1. The lowest BCUT2D eigenvalue weighted by molar-refractivity contribution is -0.135. The summed E-state index contributed by atoms with van der Waals surface area (Å²) in [6.45, 7) is 3.98. The van der Waals surface area contributed by atoms with E-state index in [2.05, 4.69) is 22.9 Å². The standard InChI is InChI=1S/C16H23BrN2O2/c1-12-6-8-19(13(10-12)11-18)16(20)7-9-21-15-5-3-2-4-14(15)17/h2-5,12-13H,6-11,18H2,1H3. The maximum absolute atomic E-state index is 12.3. The Labute approximate surface area is 134 Å². The van der Waals surface area contributed by atoms with Crippen molar-refractivity contribution in [3.05, 3.63) is 28.7 Å². The summed E-state index contributed by atoms with van der Waals surface area (Å²) in [4.78, 5) is 14.3. The first-order valence-electron chi connectivity index (χ1n) is 7.48. The number of amides is 1. The lowest BCUT2D eigenvalue weighted by Crippen LogP contribution is -2.49. The average Bonchev–Trinajstić information content (AvgIpc) is 2.48. The number of para-hydroxylation sites is 1. The first-order chi connectivity index (χ1) is 10.1. The molecule has 1 amide bonds. The number of halogens is 1. The van der Waals surface area contributed by atoms with Crippen LogP contribution in [0.5, 0.6) is 5.75 Å². The summed E-state index contributed by atoms with van der Waals surface area (Å²) in [6.07, 6.45) is 2.47. The Morgan fingerprint density at radius 3 is 2.95 bits per heavy atom. The molecule has 4 nitrogen and oxygen atoms in total. The second-order valence-electron chi connectivity index (χ2n) is 5.64. The van der Waals surface area contributed by atoms with Gasteiger partial charge in [0.2, 0.25) is 5.91 Å². The number of hydrogen-bond donors (Lipinski definition) is 1. The van der Waals surface area contributed by atoms with Crippen LogP contribution in [0.4, 0.5) is 0 Å². The molecule has 1 aliphatic rings. The van der Waals surface area contributed by atoms with Crippen LogP contribution in [-0.4, -0.2) is 36.5 Å². The summed E-state index contributed by atoms with van der Waals surface area (Å²) in [5.41, 5.74) is 5.80. The molecular formula is C16H23BrN2O2. The van der Waals surface area contributed by atoms with Gasteiger partial charge >= 0.3 is 0 Å². The summed E-state index contributed by atoms with van der Waals surface area (Å²) in [5.74, 6) is 1.57. The molecule has 2 N–H and O–H groups in total. The number of carbonyl (C=O) groups is 1. The molecule has 2 atom stereocenters. The van der Waals surface area contributed by atoms with Crippen molar-refractivity contribution < 1.29 is 9.53 Å². The maximum atomic E-state index is 12.3. The van der Waals surface area contributed by atoms with Gasteiger partial charge in [-0.3, -0.25) is 4.79 Å². The fraction of sp³-hybridized carbons (Fsp3) is 0.562. The number of piperidine rings is 1. The van der Waals surface area contributed by atoms with Crippen molar-refractivity contribution in [2.75, 3.05) is 19.7 Å². The van der Waals surface area contributed by atoms with E-state index in [4.69, 9.17) is 10.5 Å². The van der Waals surface area contributed by atoms with Gasteiger partial charge in [-0.2, -0.15) is 0 Å². The SMILES string of the molecule is CC1CCN(C(=O)CCOc2ccccc2Br)C(CN)C1. The molecule has 116 valence electrons. The van der Waals surface area contributed by atoms with Crippen LogP contribution in [0.15, 0.2) is 28.7 Å². The predicted octanol–water partition coefficient (Wildman–Crippen LogP) is 2.80. The van der Waals surface area contributed by atoms with E-state index in [0.29, 0.717) is 25.5 Å². The maximum Gasteiger partial charge on any atom is 0.226 e. The van der Waals surface area contributed by atoms with Crippen LogP contribution < -0.4 is 10.5 Å². The third kappa shape index (κ3) is 4.45. The minimum absolute atomic E-state index is 0.143. The van der Waals surface area contributed by atoms with Gasteiger partial charge in [0.25, 0.3) is 0 Å². The smallest absolute Gasteiger partial charge is 0.226 e. The molecular weight excluding hydrogens is 332 g/mol. The molecule has 21 heavy (non-hydrogen) atoms. The molecule has 0 aliphatic carbocycles. The van der Waals surface area contributed by atoms with Crippen LogP contribution in [0, 0.1) is 5.92 Å². The third-order valence-electron chi connectivity index (χ3n) is 3.98. The second-order valence-corrected chi connectivity index (χ2v) is 6.49. The molecule has 1 saturated heterocycles.